The molecular formula is C17H21N7O. The zero-order valence-corrected chi connectivity index (χ0v) is 13.9. The maximum Gasteiger partial charge on any atom is 0.239 e. The highest BCUT2D eigenvalue weighted by Gasteiger charge is 2.26. The Bertz CT molecular complexity index is 849. The fourth-order valence-corrected chi connectivity index (χ4v) is 3.35. The molecule has 0 unspecified atom stereocenters. The second-order valence-electron chi connectivity index (χ2n) is 6.29. The maximum absolute atomic E-state index is 12.7. The van der Waals surface area contributed by atoms with Crippen molar-refractivity contribution < 1.29 is 4.79 Å². The number of nitrogens with zero attached hydrogens (tertiary/aromatic N) is 4. The van der Waals surface area contributed by atoms with Gasteiger partial charge in [-0.25, -0.2) is 5.10 Å². The van der Waals surface area contributed by atoms with E-state index in [0.717, 1.165) is 35.5 Å². The van der Waals surface area contributed by atoms with Crippen molar-refractivity contribution in [2.24, 2.45) is 5.73 Å². The normalized spacial score (nSPS) is 16.4. The number of fused-ring (bicyclic) bond motifs is 1. The number of rotatable bonds is 4. The number of hydrogen-bond acceptors (Lipinski definition) is 5. The van der Waals surface area contributed by atoms with Crippen molar-refractivity contribution in [2.75, 3.05) is 31.1 Å². The third-order valence-corrected chi connectivity index (χ3v) is 4.73. The fraction of sp³-hybridized carbons (Fsp3) is 0.353. The summed E-state index contributed by atoms with van der Waals surface area (Å²) >= 11 is 0. The first-order chi connectivity index (χ1) is 12.2. The van der Waals surface area contributed by atoms with Crippen molar-refractivity contribution in [3.8, 4) is 0 Å². The van der Waals surface area contributed by atoms with Gasteiger partial charge in [-0.2, -0.15) is 10.1 Å². The van der Waals surface area contributed by atoms with Crippen LogP contribution in [0.5, 0.6) is 0 Å². The lowest BCUT2D eigenvalue weighted by Crippen LogP contribution is -2.53. The lowest BCUT2D eigenvalue weighted by Gasteiger charge is -2.35. The second kappa shape index (κ2) is 6.56. The predicted molar refractivity (Wildman–Crippen MR) is 95.2 cm³/mol. The zero-order valence-electron chi connectivity index (χ0n) is 13.9. The van der Waals surface area contributed by atoms with Crippen LogP contribution < -0.4 is 10.6 Å². The van der Waals surface area contributed by atoms with Crippen LogP contribution in [-0.4, -0.2) is 63.2 Å². The van der Waals surface area contributed by atoms with Crippen molar-refractivity contribution in [1.29, 1.82) is 0 Å². The van der Waals surface area contributed by atoms with E-state index >= 15 is 0 Å². The van der Waals surface area contributed by atoms with E-state index < -0.39 is 6.04 Å². The average molecular weight is 339 g/mol. The molecule has 4 N–H and O–H groups in total. The molecule has 1 amide bonds. The van der Waals surface area contributed by atoms with Gasteiger partial charge in [-0.15, -0.1) is 0 Å². The summed E-state index contributed by atoms with van der Waals surface area (Å²) in [5.74, 6) is 0.748. The molecule has 25 heavy (non-hydrogen) atoms. The van der Waals surface area contributed by atoms with E-state index in [-0.39, 0.29) is 5.91 Å². The standard InChI is InChI=1S/C17H21N7O/c18-14(9-12-10-19-15-4-2-1-3-13(12)15)16(25)23-5-7-24(8-6-23)17-20-11-21-22-17/h1-4,10-11,14,19H,5-9,18H2,(H,20,21,22)/t14-/m1/s1. The van der Waals surface area contributed by atoms with E-state index in [2.05, 4.69) is 31.1 Å². The highest BCUT2D eigenvalue weighted by Crippen LogP contribution is 2.19. The first-order valence-corrected chi connectivity index (χ1v) is 8.42. The van der Waals surface area contributed by atoms with Crippen molar-refractivity contribution in [3.63, 3.8) is 0 Å². The highest BCUT2D eigenvalue weighted by molar-refractivity contribution is 5.86. The molecule has 1 fully saturated rings. The van der Waals surface area contributed by atoms with E-state index in [4.69, 9.17) is 5.73 Å². The first-order valence-electron chi connectivity index (χ1n) is 8.42. The Morgan fingerprint density at radius 1 is 1.24 bits per heavy atom. The molecule has 1 atom stereocenters. The van der Waals surface area contributed by atoms with Gasteiger partial charge >= 0.3 is 0 Å². The molecule has 130 valence electrons. The molecule has 1 aliphatic rings. The van der Waals surface area contributed by atoms with Gasteiger partial charge in [0.25, 0.3) is 0 Å². The molecule has 3 aromatic rings. The van der Waals surface area contributed by atoms with Crippen molar-refractivity contribution in [3.05, 3.63) is 42.4 Å². The molecule has 1 aliphatic heterocycles. The van der Waals surface area contributed by atoms with Crippen LogP contribution in [0.2, 0.25) is 0 Å². The van der Waals surface area contributed by atoms with Crippen LogP contribution in [0.3, 0.4) is 0 Å². The van der Waals surface area contributed by atoms with E-state index in [1.165, 1.54) is 6.33 Å². The topological polar surface area (TPSA) is 107 Å². The molecule has 4 rings (SSSR count). The van der Waals surface area contributed by atoms with Gasteiger partial charge in [-0.1, -0.05) is 18.2 Å². The number of benzene rings is 1. The number of aromatic amines is 2. The van der Waals surface area contributed by atoms with Crippen molar-refractivity contribution in [2.45, 2.75) is 12.5 Å². The Kier molecular flexibility index (Phi) is 4.10. The summed E-state index contributed by atoms with van der Waals surface area (Å²) in [7, 11) is 0. The molecule has 8 heteroatoms. The number of hydrogen-bond donors (Lipinski definition) is 3. The van der Waals surface area contributed by atoms with Crippen LogP contribution in [0.1, 0.15) is 5.56 Å². The van der Waals surface area contributed by atoms with Gasteiger partial charge in [-0.3, -0.25) is 4.79 Å². The maximum atomic E-state index is 12.7. The Labute approximate surface area is 145 Å². The first kappa shape index (κ1) is 15.6. The number of carbonyl (C=O) groups excluding carboxylic acids is 1. The molecule has 0 saturated carbocycles. The summed E-state index contributed by atoms with van der Waals surface area (Å²) in [6.45, 7) is 2.73. The minimum atomic E-state index is -0.531. The number of piperazine rings is 1. The van der Waals surface area contributed by atoms with Crippen LogP contribution in [0.15, 0.2) is 36.8 Å². The quantitative estimate of drug-likeness (QED) is 0.642. The number of para-hydroxylation sites is 1. The van der Waals surface area contributed by atoms with Gasteiger partial charge < -0.3 is 20.5 Å². The number of carbonyl (C=O) groups is 1. The van der Waals surface area contributed by atoms with Gasteiger partial charge in [0, 0.05) is 43.3 Å². The van der Waals surface area contributed by atoms with Crippen molar-refractivity contribution >= 4 is 22.8 Å². The summed E-state index contributed by atoms with van der Waals surface area (Å²) in [6.07, 6.45) is 3.97. The molecular weight excluding hydrogens is 318 g/mol. The average Bonchev–Trinajstić information content (AvgIpc) is 3.32. The number of nitrogens with two attached hydrogens (primary N) is 1. The Hall–Kier alpha value is -2.87. The number of aromatic nitrogens is 4. The van der Waals surface area contributed by atoms with Gasteiger partial charge in [0.15, 0.2) is 0 Å². The number of amides is 1. The molecule has 2 aromatic heterocycles. The lowest BCUT2D eigenvalue weighted by atomic mass is 10.0. The monoisotopic (exact) mass is 339 g/mol. The van der Waals surface area contributed by atoms with E-state index in [1.807, 2.05) is 29.3 Å². The van der Waals surface area contributed by atoms with Crippen LogP contribution in [0, 0.1) is 0 Å². The molecule has 8 nitrogen and oxygen atoms in total. The molecule has 1 aromatic carbocycles. The van der Waals surface area contributed by atoms with Gasteiger partial charge in [0.2, 0.25) is 11.9 Å². The summed E-state index contributed by atoms with van der Waals surface area (Å²) in [5, 5.41) is 7.84. The van der Waals surface area contributed by atoms with Crippen LogP contribution >= 0.6 is 0 Å². The predicted octanol–water partition coefficient (Wildman–Crippen LogP) is 0.505. The number of H-pyrrole nitrogens is 2. The summed E-state index contributed by atoms with van der Waals surface area (Å²) < 4.78 is 0. The third kappa shape index (κ3) is 3.08. The molecule has 0 aliphatic carbocycles. The summed E-state index contributed by atoms with van der Waals surface area (Å²) in [6, 6.07) is 7.52. The molecule has 0 spiro atoms. The van der Waals surface area contributed by atoms with Crippen LogP contribution in [0.4, 0.5) is 5.95 Å². The van der Waals surface area contributed by atoms with E-state index in [9.17, 15) is 4.79 Å². The van der Waals surface area contributed by atoms with E-state index in [0.29, 0.717) is 19.5 Å². The van der Waals surface area contributed by atoms with Crippen molar-refractivity contribution in [1.82, 2.24) is 25.1 Å². The Morgan fingerprint density at radius 3 is 2.80 bits per heavy atom. The molecule has 3 heterocycles. The third-order valence-electron chi connectivity index (χ3n) is 4.73. The smallest absolute Gasteiger partial charge is 0.239 e. The van der Waals surface area contributed by atoms with Gasteiger partial charge in [0.1, 0.15) is 6.33 Å². The van der Waals surface area contributed by atoms with Crippen LogP contribution in [-0.2, 0) is 11.2 Å². The Balaban J connectivity index is 1.38. The lowest BCUT2D eigenvalue weighted by molar-refractivity contribution is -0.132. The Morgan fingerprint density at radius 2 is 2.04 bits per heavy atom. The molecule has 1 saturated heterocycles. The minimum absolute atomic E-state index is 0.00232. The summed E-state index contributed by atoms with van der Waals surface area (Å²) in [4.78, 5) is 24.0. The van der Waals surface area contributed by atoms with Gasteiger partial charge in [0.05, 0.1) is 6.04 Å². The SMILES string of the molecule is N[C@H](Cc1c[nH]c2ccccc12)C(=O)N1CCN(c2ncn[nH]2)CC1. The highest BCUT2D eigenvalue weighted by atomic mass is 16.2. The molecule has 0 radical (unpaired) electrons. The summed E-state index contributed by atoms with van der Waals surface area (Å²) in [5.41, 5.74) is 8.36. The molecule has 0 bridgehead atoms. The number of nitrogens with one attached hydrogen (secondary N) is 2. The fourth-order valence-electron chi connectivity index (χ4n) is 3.35. The zero-order chi connectivity index (χ0) is 17.2. The largest absolute Gasteiger partial charge is 0.361 e. The van der Waals surface area contributed by atoms with Crippen LogP contribution in [0.25, 0.3) is 10.9 Å². The minimum Gasteiger partial charge on any atom is -0.361 e. The van der Waals surface area contributed by atoms with Gasteiger partial charge in [-0.05, 0) is 18.1 Å². The number of anilines is 1. The second-order valence-corrected chi connectivity index (χ2v) is 6.29. The van der Waals surface area contributed by atoms with E-state index in [1.54, 1.807) is 0 Å².